The summed E-state index contributed by atoms with van der Waals surface area (Å²) in [4.78, 5) is 36.4. The van der Waals surface area contributed by atoms with Crippen LogP contribution in [0.15, 0.2) is 68.6 Å². The van der Waals surface area contributed by atoms with Crippen LogP contribution in [-0.2, 0) is 17.9 Å². The number of fused-ring (bicyclic) bond motifs is 2. The van der Waals surface area contributed by atoms with Crippen LogP contribution < -0.4 is 16.6 Å². The lowest BCUT2D eigenvalue weighted by molar-refractivity contribution is -0.116. The largest absolute Gasteiger partial charge is 0.423 e. The molecule has 2 heterocycles. The molecule has 0 spiro atoms. The zero-order chi connectivity index (χ0) is 19.0. The van der Waals surface area contributed by atoms with Crippen molar-refractivity contribution < 1.29 is 9.21 Å². The smallest absolute Gasteiger partial charge is 0.336 e. The van der Waals surface area contributed by atoms with Gasteiger partial charge in [-0.2, -0.15) is 0 Å². The van der Waals surface area contributed by atoms with Gasteiger partial charge in [0.05, 0.1) is 11.0 Å². The third-order valence-electron chi connectivity index (χ3n) is 4.45. The van der Waals surface area contributed by atoms with Crippen LogP contribution in [0.2, 0.25) is 0 Å². The van der Waals surface area contributed by atoms with Gasteiger partial charge >= 0.3 is 11.3 Å². The van der Waals surface area contributed by atoms with Crippen LogP contribution in [0.4, 0.5) is 5.69 Å². The van der Waals surface area contributed by atoms with Gasteiger partial charge in [0.1, 0.15) is 12.1 Å². The number of anilines is 1. The second kappa shape index (κ2) is 6.60. The predicted octanol–water partition coefficient (Wildman–Crippen LogP) is 2.57. The molecule has 0 fully saturated rings. The van der Waals surface area contributed by atoms with Gasteiger partial charge in [-0.3, -0.25) is 13.9 Å². The first kappa shape index (κ1) is 16.8. The third-order valence-corrected chi connectivity index (χ3v) is 4.45. The molecule has 0 radical (unpaired) electrons. The fraction of sp³-hybridized carbons (Fsp3) is 0.150. The lowest BCUT2D eigenvalue weighted by Gasteiger charge is -2.07. The minimum absolute atomic E-state index is 0.0890. The highest BCUT2D eigenvalue weighted by molar-refractivity contribution is 5.94. The van der Waals surface area contributed by atoms with Crippen LogP contribution in [0.25, 0.3) is 22.0 Å². The first-order chi connectivity index (χ1) is 13.1. The minimum Gasteiger partial charge on any atom is -0.423 e. The number of benzene rings is 2. The van der Waals surface area contributed by atoms with Crippen molar-refractivity contribution in [2.45, 2.75) is 20.0 Å². The van der Waals surface area contributed by atoms with E-state index in [0.29, 0.717) is 23.2 Å². The van der Waals surface area contributed by atoms with E-state index < -0.39 is 5.63 Å². The number of carbonyl (C=O) groups is 1. The molecular weight excluding hydrogens is 346 g/mol. The Morgan fingerprint density at radius 1 is 1.00 bits per heavy atom. The average Bonchev–Trinajstić information content (AvgIpc) is 2.93. The van der Waals surface area contributed by atoms with Gasteiger partial charge in [-0.1, -0.05) is 12.1 Å². The number of imidazole rings is 1. The van der Waals surface area contributed by atoms with E-state index in [1.54, 1.807) is 28.8 Å². The number of nitrogens with zero attached hydrogens (tertiary/aromatic N) is 2. The number of aryl methyl sites for hydroxylation is 1. The molecule has 0 unspecified atom stereocenters. The quantitative estimate of drug-likeness (QED) is 0.565. The number of nitrogens with one attached hydrogen (secondary N) is 1. The third kappa shape index (κ3) is 3.03. The molecule has 7 heteroatoms. The minimum atomic E-state index is -0.425. The molecule has 4 aromatic rings. The molecule has 0 saturated heterocycles. The second-order valence-electron chi connectivity index (χ2n) is 6.16. The topological polar surface area (TPSA) is 86.2 Å². The normalized spacial score (nSPS) is 11.1. The number of hydrogen-bond donors (Lipinski definition) is 1. The number of carbonyl (C=O) groups excluding carboxylic acids is 1. The fourth-order valence-corrected chi connectivity index (χ4v) is 3.22. The molecule has 27 heavy (non-hydrogen) atoms. The van der Waals surface area contributed by atoms with Crippen molar-refractivity contribution in [1.82, 2.24) is 9.13 Å². The molecule has 7 nitrogen and oxygen atoms in total. The van der Waals surface area contributed by atoms with Gasteiger partial charge in [-0.15, -0.1) is 0 Å². The Morgan fingerprint density at radius 3 is 2.48 bits per heavy atom. The summed E-state index contributed by atoms with van der Waals surface area (Å²) in [5.41, 5.74) is 1.90. The Morgan fingerprint density at radius 2 is 1.74 bits per heavy atom. The van der Waals surface area contributed by atoms with E-state index >= 15 is 0 Å². The predicted molar refractivity (Wildman–Crippen MR) is 103 cm³/mol. The first-order valence-electron chi connectivity index (χ1n) is 8.58. The molecule has 2 aromatic heterocycles. The Balaban J connectivity index is 1.63. The van der Waals surface area contributed by atoms with Gasteiger partial charge in [0.25, 0.3) is 0 Å². The SMILES string of the molecule is CCn1c(=O)n(CC(=O)Nc2ccc3oc(=O)ccc3c2)c2ccccc21. The molecule has 4 rings (SSSR count). The number of hydrogen-bond acceptors (Lipinski definition) is 4. The van der Waals surface area contributed by atoms with E-state index in [4.69, 9.17) is 4.42 Å². The summed E-state index contributed by atoms with van der Waals surface area (Å²) in [5.74, 6) is -0.312. The summed E-state index contributed by atoms with van der Waals surface area (Å²) < 4.78 is 8.19. The lowest BCUT2D eigenvalue weighted by Crippen LogP contribution is -2.29. The van der Waals surface area contributed by atoms with Gasteiger partial charge < -0.3 is 9.73 Å². The zero-order valence-electron chi connectivity index (χ0n) is 14.6. The Bertz CT molecular complexity index is 1280. The van der Waals surface area contributed by atoms with Crippen molar-refractivity contribution in [3.63, 3.8) is 0 Å². The highest BCUT2D eigenvalue weighted by atomic mass is 16.4. The van der Waals surface area contributed by atoms with Crippen LogP contribution in [-0.4, -0.2) is 15.0 Å². The maximum atomic E-state index is 12.6. The van der Waals surface area contributed by atoms with Gasteiger partial charge in [0.2, 0.25) is 5.91 Å². The maximum absolute atomic E-state index is 12.6. The molecule has 0 aliphatic carbocycles. The van der Waals surface area contributed by atoms with Gasteiger partial charge in [0.15, 0.2) is 0 Å². The maximum Gasteiger partial charge on any atom is 0.336 e. The molecule has 0 saturated carbocycles. The van der Waals surface area contributed by atoms with Crippen molar-refractivity contribution in [2.75, 3.05) is 5.32 Å². The van der Waals surface area contributed by atoms with Crippen LogP contribution in [0.5, 0.6) is 0 Å². The molecular formula is C20H17N3O4. The van der Waals surface area contributed by atoms with Crippen LogP contribution >= 0.6 is 0 Å². The van der Waals surface area contributed by atoms with Crippen molar-refractivity contribution in [1.29, 1.82) is 0 Å². The number of amides is 1. The van der Waals surface area contributed by atoms with E-state index in [9.17, 15) is 14.4 Å². The summed E-state index contributed by atoms with van der Waals surface area (Å²) in [5, 5.41) is 3.49. The molecule has 0 bridgehead atoms. The van der Waals surface area contributed by atoms with Gasteiger partial charge in [-0.25, -0.2) is 9.59 Å². The van der Waals surface area contributed by atoms with Crippen LogP contribution in [0.1, 0.15) is 6.92 Å². The van der Waals surface area contributed by atoms with Gasteiger partial charge in [0, 0.05) is 23.7 Å². The molecule has 1 amide bonds. The van der Waals surface area contributed by atoms with E-state index in [-0.39, 0.29) is 18.1 Å². The Labute approximate surface area is 153 Å². The van der Waals surface area contributed by atoms with E-state index in [0.717, 1.165) is 11.0 Å². The molecule has 2 aromatic carbocycles. The van der Waals surface area contributed by atoms with Crippen LogP contribution in [0, 0.1) is 0 Å². The summed E-state index contributed by atoms with van der Waals surface area (Å²) in [6.45, 7) is 2.34. The molecule has 0 aliphatic heterocycles. The standard InChI is InChI=1S/C20H17N3O4/c1-2-22-15-5-3-4-6-16(15)23(20(22)26)12-18(24)21-14-8-9-17-13(11-14)7-10-19(25)27-17/h3-11H,2,12H2,1H3,(H,21,24). The van der Waals surface area contributed by atoms with E-state index in [1.165, 1.54) is 10.6 Å². The molecule has 0 atom stereocenters. The van der Waals surface area contributed by atoms with Crippen molar-refractivity contribution in [2.24, 2.45) is 0 Å². The lowest BCUT2D eigenvalue weighted by atomic mass is 10.2. The first-order valence-corrected chi connectivity index (χ1v) is 8.58. The summed E-state index contributed by atoms with van der Waals surface area (Å²) in [7, 11) is 0. The van der Waals surface area contributed by atoms with Crippen LogP contribution in [0.3, 0.4) is 0 Å². The second-order valence-corrected chi connectivity index (χ2v) is 6.16. The number of aromatic nitrogens is 2. The van der Waals surface area contributed by atoms with E-state index in [1.807, 2.05) is 31.2 Å². The van der Waals surface area contributed by atoms with Crippen molar-refractivity contribution >= 4 is 33.6 Å². The fourth-order valence-electron chi connectivity index (χ4n) is 3.22. The van der Waals surface area contributed by atoms with Gasteiger partial charge in [-0.05, 0) is 43.3 Å². The summed E-state index contributed by atoms with van der Waals surface area (Å²) in [6.07, 6.45) is 0. The number of rotatable bonds is 4. The highest BCUT2D eigenvalue weighted by Crippen LogP contribution is 2.18. The highest BCUT2D eigenvalue weighted by Gasteiger charge is 2.14. The molecule has 136 valence electrons. The van der Waals surface area contributed by atoms with Crippen molar-refractivity contribution in [3.05, 3.63) is 75.5 Å². The van der Waals surface area contributed by atoms with Crippen molar-refractivity contribution in [3.8, 4) is 0 Å². The monoisotopic (exact) mass is 363 g/mol. The Hall–Kier alpha value is -3.61. The zero-order valence-corrected chi connectivity index (χ0v) is 14.6. The van der Waals surface area contributed by atoms with E-state index in [2.05, 4.69) is 5.32 Å². The average molecular weight is 363 g/mol. The number of para-hydroxylation sites is 2. The Kier molecular flexibility index (Phi) is 4.12. The molecule has 0 aliphatic rings. The molecule has 1 N–H and O–H groups in total. The summed E-state index contributed by atoms with van der Waals surface area (Å²) >= 11 is 0. The summed E-state index contributed by atoms with van der Waals surface area (Å²) in [6, 6.07) is 15.4.